The molecule has 0 bridgehead atoms. The number of hydrogen-bond acceptors (Lipinski definition) is 13. The number of methoxy groups -OCH3 is 3. The van der Waals surface area contributed by atoms with E-state index in [0.29, 0.717) is 28.4 Å². The molecule has 15 nitrogen and oxygen atoms in total. The normalized spacial score (nSPS) is 10.5. The second-order valence-corrected chi connectivity index (χ2v) is 13.3. The van der Waals surface area contributed by atoms with E-state index >= 15 is 0 Å². The Morgan fingerprint density at radius 2 is 0.911 bits per heavy atom. The Hall–Kier alpha value is -5.09. The summed E-state index contributed by atoms with van der Waals surface area (Å²) in [5.41, 5.74) is 1.14. The van der Waals surface area contributed by atoms with E-state index in [2.05, 4.69) is 15.0 Å². The molecule has 0 aliphatic carbocycles. The van der Waals surface area contributed by atoms with Crippen molar-refractivity contribution in [3.63, 3.8) is 0 Å². The maximum Gasteiger partial charge on any atom is 1.00 e. The number of nitrogens with zero attached hydrogens (tertiary/aromatic N) is 2. The predicted molar refractivity (Wildman–Crippen MR) is 192 cm³/mol. The molecule has 2 aromatic heterocycles. The summed E-state index contributed by atoms with van der Waals surface area (Å²) in [4.78, 5) is -1.69. The number of nitrogens with one attached hydrogen (secondary N) is 2. The summed E-state index contributed by atoms with van der Waals surface area (Å²) in [6.45, 7) is 0. The minimum atomic E-state index is -4.51. The third kappa shape index (κ3) is 11.5. The van der Waals surface area contributed by atoms with Gasteiger partial charge in [-0.25, -0.2) is 30.0 Å². The van der Waals surface area contributed by atoms with Crippen molar-refractivity contribution >= 4 is 31.7 Å². The molecule has 2 heterocycles. The Balaban J connectivity index is 0.000000350. The van der Waals surface area contributed by atoms with Crippen molar-refractivity contribution in [2.75, 3.05) is 45.0 Å². The molecule has 0 saturated carbocycles. The van der Waals surface area contributed by atoms with Crippen LogP contribution in [0.25, 0.3) is 22.6 Å². The zero-order chi connectivity index (χ0) is 40.8. The van der Waals surface area contributed by atoms with Crippen LogP contribution in [0.5, 0.6) is 17.2 Å². The minimum absolute atomic E-state index is 0. The van der Waals surface area contributed by atoms with Gasteiger partial charge in [-0.3, -0.25) is 9.44 Å². The Labute approximate surface area is 342 Å². The second-order valence-electron chi connectivity index (χ2n) is 10.1. The molecule has 0 amide bonds. The van der Waals surface area contributed by atoms with Crippen LogP contribution in [0.4, 0.5) is 24.8 Å². The maximum atomic E-state index is 14.0. The first-order valence-corrected chi connectivity index (χ1v) is 18.2. The van der Waals surface area contributed by atoms with Crippen molar-refractivity contribution in [2.45, 2.75) is 9.79 Å². The zero-order valence-corrected chi connectivity index (χ0v) is 34.2. The van der Waals surface area contributed by atoms with Crippen LogP contribution < -0.4 is 58.3 Å². The maximum absolute atomic E-state index is 14.0. The van der Waals surface area contributed by atoms with Crippen LogP contribution in [0.1, 0.15) is 0 Å². The topological polar surface area (TPSA) is 215 Å². The standard InChI is InChI=1S/C17H15FN2O5S.C16H12F2N2O4S.CH4O.CH3O.Na/c1-23-13-8-4-3-6-11(13)15-10-16(19-25-15)20-26(21,22)17-12(18)7-5-9-14(17)24-2;1-23-13-8-3-2-5-10(13)14-9-15(19-24-14)20-25(21,22)16-11(17)6-4-7-12(16)18;2*1-2;/h3-10H,1-2H3,(H,19,20);2-9H,1H3,(H,19,20);2H,1H3;1H3;/q;;;-1;+1. The predicted octanol–water partition coefficient (Wildman–Crippen LogP) is 2.32. The molecule has 0 saturated heterocycles. The minimum Gasteiger partial charge on any atom is -0.857 e. The molecule has 6 aromatic rings. The van der Waals surface area contributed by atoms with Gasteiger partial charge in [0.05, 0.1) is 32.5 Å². The third-order valence-electron chi connectivity index (χ3n) is 6.85. The van der Waals surface area contributed by atoms with Gasteiger partial charge in [0.25, 0.3) is 20.0 Å². The fourth-order valence-corrected chi connectivity index (χ4v) is 6.96. The summed E-state index contributed by atoms with van der Waals surface area (Å²) >= 11 is 0. The van der Waals surface area contributed by atoms with E-state index in [1.54, 1.807) is 48.5 Å². The summed E-state index contributed by atoms with van der Waals surface area (Å²) in [7, 11) is -2.81. The van der Waals surface area contributed by atoms with Gasteiger partial charge >= 0.3 is 29.6 Å². The monoisotopic (exact) mass is 830 g/mol. The van der Waals surface area contributed by atoms with Crippen molar-refractivity contribution < 1.29 is 93.0 Å². The number of rotatable bonds is 11. The van der Waals surface area contributed by atoms with Crippen LogP contribution in [-0.4, -0.2) is 67.8 Å². The van der Waals surface area contributed by atoms with E-state index in [4.69, 9.17) is 33.5 Å². The number of hydrogen-bond donors (Lipinski definition) is 3. The quantitative estimate of drug-likeness (QED) is 0.160. The molecule has 0 radical (unpaired) electrons. The zero-order valence-electron chi connectivity index (χ0n) is 30.6. The van der Waals surface area contributed by atoms with Crippen molar-refractivity contribution in [3.8, 4) is 39.9 Å². The van der Waals surface area contributed by atoms with E-state index in [1.807, 2.05) is 4.72 Å². The summed E-state index contributed by atoms with van der Waals surface area (Å²) in [6, 6.07) is 23.0. The molecule has 56 heavy (non-hydrogen) atoms. The van der Waals surface area contributed by atoms with Crippen LogP contribution in [0.3, 0.4) is 0 Å². The van der Waals surface area contributed by atoms with Crippen LogP contribution in [0.2, 0.25) is 0 Å². The summed E-state index contributed by atoms with van der Waals surface area (Å²) in [6.07, 6.45) is 0. The average Bonchev–Trinajstić information content (AvgIpc) is 3.85. The van der Waals surface area contributed by atoms with Crippen LogP contribution in [0, 0.1) is 17.5 Å². The number of sulfonamides is 2. The molecular weight excluding hydrogens is 797 g/mol. The van der Waals surface area contributed by atoms with E-state index in [0.717, 1.165) is 38.5 Å². The van der Waals surface area contributed by atoms with E-state index in [-0.39, 0.29) is 52.7 Å². The van der Waals surface area contributed by atoms with Crippen LogP contribution in [0.15, 0.2) is 116 Å². The summed E-state index contributed by atoms with van der Waals surface area (Å²) < 4.78 is 121. The first-order chi connectivity index (χ1) is 26.4. The molecule has 0 aliphatic heterocycles. The van der Waals surface area contributed by atoms with E-state index in [1.165, 1.54) is 45.6 Å². The van der Waals surface area contributed by atoms with Crippen molar-refractivity contribution in [1.29, 1.82) is 0 Å². The molecule has 4 aromatic carbocycles. The number of aliphatic hydroxyl groups excluding tert-OH is 1. The van der Waals surface area contributed by atoms with E-state index < -0.39 is 47.3 Å². The van der Waals surface area contributed by atoms with E-state index in [9.17, 15) is 30.0 Å². The van der Waals surface area contributed by atoms with Crippen molar-refractivity contribution in [2.24, 2.45) is 0 Å². The number of anilines is 2. The molecule has 21 heteroatoms. The van der Waals surface area contributed by atoms with Crippen molar-refractivity contribution in [3.05, 3.63) is 115 Å². The number of para-hydroxylation sites is 2. The second kappa shape index (κ2) is 21.9. The molecule has 6 rings (SSSR count). The number of halogens is 3. The Morgan fingerprint density at radius 1 is 0.571 bits per heavy atom. The smallest absolute Gasteiger partial charge is 0.857 e. The third-order valence-corrected chi connectivity index (χ3v) is 9.67. The molecule has 3 N–H and O–H groups in total. The SMILES string of the molecule is CO.COc1ccccc1-c1cc(NS(=O)(=O)c2c(F)cccc2F)no1.COc1ccccc1-c1cc(NS(=O)(=O)c2c(F)cccc2OC)no1.C[O-].[Na+]. The van der Waals surface area contributed by atoms with Gasteiger partial charge in [-0.05, 0) is 48.5 Å². The fourth-order valence-electron chi connectivity index (χ4n) is 4.62. The Bertz CT molecular complexity index is 2380. The van der Waals surface area contributed by atoms with Crippen LogP contribution >= 0.6 is 0 Å². The van der Waals surface area contributed by atoms with Gasteiger partial charge in [-0.15, -0.1) is 0 Å². The molecule has 0 spiro atoms. The fraction of sp³-hybridized carbons (Fsp3) is 0.143. The number of aliphatic hydroxyl groups is 1. The van der Waals surface area contributed by atoms with Gasteiger partial charge in [0.1, 0.15) is 34.7 Å². The largest absolute Gasteiger partial charge is 1.00 e. The Morgan fingerprint density at radius 3 is 1.32 bits per heavy atom. The first kappa shape index (κ1) is 47.1. The van der Waals surface area contributed by atoms with Gasteiger partial charge in [0, 0.05) is 19.2 Å². The van der Waals surface area contributed by atoms with Gasteiger partial charge in [-0.2, -0.15) is 7.11 Å². The number of ether oxygens (including phenoxy) is 3. The molecule has 0 fully saturated rings. The summed E-state index contributed by atoms with van der Waals surface area (Å²) in [5.74, 6) is -2.25. The van der Waals surface area contributed by atoms with Crippen LogP contribution in [-0.2, 0) is 20.0 Å². The molecule has 0 atom stereocenters. The van der Waals surface area contributed by atoms with Gasteiger partial charge in [0.15, 0.2) is 32.9 Å². The number of benzene rings is 4. The summed E-state index contributed by atoms with van der Waals surface area (Å²) in [5, 5.41) is 22.5. The van der Waals surface area contributed by atoms with Gasteiger partial charge in [0.2, 0.25) is 0 Å². The molecule has 294 valence electrons. The molecule has 0 aliphatic rings. The van der Waals surface area contributed by atoms with Crippen molar-refractivity contribution in [1.82, 2.24) is 10.3 Å². The molecular formula is C35H34F3N4NaO11S2. The number of aromatic nitrogens is 2. The first-order valence-electron chi connectivity index (χ1n) is 15.3. The average molecular weight is 831 g/mol. The Kier molecular flexibility index (Phi) is 18.4. The van der Waals surface area contributed by atoms with Gasteiger partial charge < -0.3 is 33.5 Å². The molecule has 0 unspecified atom stereocenters. The van der Waals surface area contributed by atoms with Gasteiger partial charge in [-0.1, -0.05) is 46.7 Å².